The van der Waals surface area contributed by atoms with Crippen LogP contribution in [0.2, 0.25) is 5.02 Å². The number of hydrogen-bond donors (Lipinski definition) is 1. The van der Waals surface area contributed by atoms with Gasteiger partial charge in [0.1, 0.15) is 5.02 Å². The molecule has 3 rings (SSSR count). The number of thiophene rings is 1. The van der Waals surface area contributed by atoms with Gasteiger partial charge in [0, 0.05) is 4.88 Å². The molecule has 0 fully saturated rings. The van der Waals surface area contributed by atoms with Gasteiger partial charge in [-0.15, -0.1) is 11.3 Å². The number of methoxy groups -OCH3 is 1. The summed E-state index contributed by atoms with van der Waals surface area (Å²) in [7, 11) is 1.55. The highest BCUT2D eigenvalue weighted by atomic mass is 35.5. The van der Waals surface area contributed by atoms with Gasteiger partial charge in [0.25, 0.3) is 0 Å². The number of aryl methyl sites for hydroxylation is 1. The lowest BCUT2D eigenvalue weighted by Crippen LogP contribution is -2.16. The average molecular weight is 296 g/mol. The van der Waals surface area contributed by atoms with Crippen LogP contribution in [0.5, 0.6) is 6.01 Å². The first-order chi connectivity index (χ1) is 9.28. The third-order valence-electron chi connectivity index (χ3n) is 3.27. The Hall–Kier alpha value is -1.33. The molecule has 2 aromatic rings. The molecule has 0 aromatic carbocycles. The number of nitrogens with zero attached hydrogens (tertiary/aromatic N) is 2. The molecule has 0 spiro atoms. The summed E-state index contributed by atoms with van der Waals surface area (Å²) in [4.78, 5) is 9.71. The summed E-state index contributed by atoms with van der Waals surface area (Å²) >= 11 is 7.95. The monoisotopic (exact) mass is 295 g/mol. The molecule has 1 unspecified atom stereocenters. The number of rotatable bonds is 3. The van der Waals surface area contributed by atoms with Crippen molar-refractivity contribution in [2.45, 2.75) is 25.3 Å². The van der Waals surface area contributed by atoms with E-state index >= 15 is 0 Å². The highest BCUT2D eigenvalue weighted by Gasteiger charge is 2.22. The number of halogens is 1. The van der Waals surface area contributed by atoms with Crippen LogP contribution in [0.4, 0.5) is 5.82 Å². The Kier molecular flexibility index (Phi) is 3.57. The van der Waals surface area contributed by atoms with Crippen molar-refractivity contribution >= 4 is 28.8 Å². The van der Waals surface area contributed by atoms with Crippen molar-refractivity contribution in [1.82, 2.24) is 9.97 Å². The molecule has 1 N–H and O–H groups in total. The average Bonchev–Trinajstić information content (AvgIpc) is 2.90. The first-order valence-electron chi connectivity index (χ1n) is 6.17. The van der Waals surface area contributed by atoms with E-state index < -0.39 is 0 Å². The fraction of sp³-hybridized carbons (Fsp3) is 0.385. The van der Waals surface area contributed by atoms with E-state index in [9.17, 15) is 0 Å². The standard InChI is InChI=1S/C13H14ClN3OS/c1-18-13-15-7-9(14)12(17-13)16-10-3-2-4-11-8(10)5-6-19-11/h5-7,10H,2-4H2,1H3,(H,15,16,17). The molecule has 100 valence electrons. The zero-order valence-electron chi connectivity index (χ0n) is 10.5. The molecule has 1 atom stereocenters. The van der Waals surface area contributed by atoms with Crippen molar-refractivity contribution in [3.8, 4) is 6.01 Å². The van der Waals surface area contributed by atoms with Crippen LogP contribution in [0.3, 0.4) is 0 Å². The minimum atomic E-state index is 0.270. The third kappa shape index (κ3) is 2.53. The number of fused-ring (bicyclic) bond motifs is 1. The largest absolute Gasteiger partial charge is 0.467 e. The Balaban J connectivity index is 1.87. The van der Waals surface area contributed by atoms with Crippen molar-refractivity contribution in [2.24, 2.45) is 0 Å². The van der Waals surface area contributed by atoms with E-state index in [0.717, 1.165) is 6.42 Å². The molecule has 0 bridgehead atoms. The molecule has 2 aromatic heterocycles. The van der Waals surface area contributed by atoms with Gasteiger partial charge in [0.15, 0.2) is 5.82 Å². The molecule has 0 saturated heterocycles. The topological polar surface area (TPSA) is 47.0 Å². The predicted octanol–water partition coefficient (Wildman–Crippen LogP) is 3.69. The van der Waals surface area contributed by atoms with Gasteiger partial charge in [-0.05, 0) is 36.3 Å². The Labute approximate surface area is 120 Å². The maximum Gasteiger partial charge on any atom is 0.318 e. The van der Waals surface area contributed by atoms with Crippen LogP contribution in [0.25, 0.3) is 0 Å². The Morgan fingerprint density at radius 2 is 2.42 bits per heavy atom. The summed E-state index contributed by atoms with van der Waals surface area (Å²) in [5.41, 5.74) is 1.37. The van der Waals surface area contributed by atoms with Gasteiger partial charge in [-0.3, -0.25) is 0 Å². The molecule has 4 nitrogen and oxygen atoms in total. The molecule has 0 aliphatic heterocycles. The fourth-order valence-electron chi connectivity index (χ4n) is 2.35. The summed E-state index contributed by atoms with van der Waals surface area (Å²) in [5.74, 6) is 0.637. The number of nitrogens with one attached hydrogen (secondary N) is 1. The third-order valence-corrected chi connectivity index (χ3v) is 4.54. The second-order valence-corrected chi connectivity index (χ2v) is 5.85. The molecule has 2 heterocycles. The van der Waals surface area contributed by atoms with Gasteiger partial charge in [-0.25, -0.2) is 4.98 Å². The number of ether oxygens (including phenoxy) is 1. The van der Waals surface area contributed by atoms with Crippen LogP contribution < -0.4 is 10.1 Å². The molecular weight excluding hydrogens is 282 g/mol. The predicted molar refractivity (Wildman–Crippen MR) is 77.2 cm³/mol. The van der Waals surface area contributed by atoms with E-state index in [2.05, 4.69) is 26.7 Å². The van der Waals surface area contributed by atoms with Crippen LogP contribution in [0.15, 0.2) is 17.6 Å². The van der Waals surface area contributed by atoms with Gasteiger partial charge in [0.05, 0.1) is 19.3 Å². The molecule has 19 heavy (non-hydrogen) atoms. The summed E-state index contributed by atoms with van der Waals surface area (Å²) in [5, 5.41) is 6.07. The molecule has 0 saturated carbocycles. The fourth-order valence-corrected chi connectivity index (χ4v) is 3.49. The molecule has 1 aliphatic rings. The highest BCUT2D eigenvalue weighted by Crippen LogP contribution is 2.36. The molecule has 0 amide bonds. The lowest BCUT2D eigenvalue weighted by atomic mass is 9.94. The van der Waals surface area contributed by atoms with Gasteiger partial charge in [0.2, 0.25) is 0 Å². The zero-order valence-corrected chi connectivity index (χ0v) is 12.1. The highest BCUT2D eigenvalue weighted by molar-refractivity contribution is 7.10. The quantitative estimate of drug-likeness (QED) is 0.938. The smallest absolute Gasteiger partial charge is 0.318 e. The van der Waals surface area contributed by atoms with Crippen molar-refractivity contribution in [2.75, 3.05) is 12.4 Å². The lowest BCUT2D eigenvalue weighted by Gasteiger charge is -2.24. The molecule has 1 aliphatic carbocycles. The molecule has 6 heteroatoms. The maximum atomic E-state index is 6.13. The second-order valence-electron chi connectivity index (χ2n) is 4.44. The van der Waals surface area contributed by atoms with E-state index in [1.54, 1.807) is 13.3 Å². The van der Waals surface area contributed by atoms with E-state index in [1.807, 2.05) is 11.3 Å². The molecule has 0 radical (unpaired) electrons. The van der Waals surface area contributed by atoms with Crippen molar-refractivity contribution in [3.63, 3.8) is 0 Å². The minimum absolute atomic E-state index is 0.270. The van der Waals surface area contributed by atoms with Crippen molar-refractivity contribution in [3.05, 3.63) is 33.1 Å². The maximum absolute atomic E-state index is 6.13. The minimum Gasteiger partial charge on any atom is -0.467 e. The van der Waals surface area contributed by atoms with Gasteiger partial charge < -0.3 is 10.1 Å². The summed E-state index contributed by atoms with van der Waals surface area (Å²) in [6.45, 7) is 0. The summed E-state index contributed by atoms with van der Waals surface area (Å²) in [6, 6.07) is 2.78. The van der Waals surface area contributed by atoms with Gasteiger partial charge >= 0.3 is 6.01 Å². The van der Waals surface area contributed by atoms with Crippen LogP contribution >= 0.6 is 22.9 Å². The normalized spacial score (nSPS) is 17.9. The molecular formula is C13H14ClN3OS. The number of hydrogen-bond acceptors (Lipinski definition) is 5. The Morgan fingerprint density at radius 3 is 3.26 bits per heavy atom. The first kappa shape index (κ1) is 12.7. The van der Waals surface area contributed by atoms with Crippen LogP contribution in [0, 0.1) is 0 Å². The zero-order chi connectivity index (χ0) is 13.2. The van der Waals surface area contributed by atoms with Gasteiger partial charge in [-0.2, -0.15) is 4.98 Å². The van der Waals surface area contributed by atoms with Crippen LogP contribution in [0.1, 0.15) is 29.3 Å². The Morgan fingerprint density at radius 1 is 1.53 bits per heavy atom. The van der Waals surface area contributed by atoms with Crippen LogP contribution in [-0.4, -0.2) is 17.1 Å². The van der Waals surface area contributed by atoms with E-state index in [4.69, 9.17) is 16.3 Å². The lowest BCUT2D eigenvalue weighted by molar-refractivity contribution is 0.380. The number of aromatic nitrogens is 2. The van der Waals surface area contributed by atoms with Crippen molar-refractivity contribution < 1.29 is 4.74 Å². The first-order valence-corrected chi connectivity index (χ1v) is 7.43. The SMILES string of the molecule is COc1ncc(Cl)c(NC2CCCc3sccc32)n1. The Bertz CT molecular complexity index is 587. The second kappa shape index (κ2) is 5.35. The van der Waals surface area contributed by atoms with E-state index in [-0.39, 0.29) is 6.04 Å². The van der Waals surface area contributed by atoms with E-state index in [0.29, 0.717) is 16.9 Å². The van der Waals surface area contributed by atoms with Crippen molar-refractivity contribution in [1.29, 1.82) is 0 Å². The van der Waals surface area contributed by atoms with Crippen LogP contribution in [-0.2, 0) is 6.42 Å². The van der Waals surface area contributed by atoms with Gasteiger partial charge in [-0.1, -0.05) is 11.6 Å². The van der Waals surface area contributed by atoms with E-state index in [1.165, 1.54) is 23.3 Å². The number of anilines is 1. The summed E-state index contributed by atoms with van der Waals surface area (Å²) in [6.07, 6.45) is 5.01. The summed E-state index contributed by atoms with van der Waals surface area (Å²) < 4.78 is 5.03.